The lowest BCUT2D eigenvalue weighted by molar-refractivity contribution is 0.246. The average Bonchev–Trinajstić information content (AvgIpc) is 2.62. The van der Waals surface area contributed by atoms with E-state index in [1.54, 1.807) is 7.11 Å². The molecule has 2 heterocycles. The summed E-state index contributed by atoms with van der Waals surface area (Å²) in [6.07, 6.45) is 2.91. The van der Waals surface area contributed by atoms with Crippen LogP contribution in [0.25, 0.3) is 0 Å². The molecule has 1 aromatic carbocycles. The molecule has 0 bridgehead atoms. The van der Waals surface area contributed by atoms with E-state index in [0.29, 0.717) is 0 Å². The summed E-state index contributed by atoms with van der Waals surface area (Å²) in [5.74, 6) is 0.880. The number of rotatable bonds is 5. The van der Waals surface area contributed by atoms with Crippen molar-refractivity contribution in [3.8, 4) is 5.75 Å². The first-order chi connectivity index (χ1) is 11.3. The lowest BCUT2D eigenvalue weighted by Crippen LogP contribution is -2.46. The fourth-order valence-electron chi connectivity index (χ4n) is 3.16. The zero-order valence-corrected chi connectivity index (χ0v) is 14.0. The Balaban J connectivity index is 1.60. The topological polar surface area (TPSA) is 28.6 Å². The summed E-state index contributed by atoms with van der Waals surface area (Å²) < 4.78 is 5.28. The zero-order chi connectivity index (χ0) is 16.1. The summed E-state index contributed by atoms with van der Waals surface area (Å²) in [4.78, 5) is 9.42. The highest BCUT2D eigenvalue weighted by Crippen LogP contribution is 2.22. The summed E-state index contributed by atoms with van der Waals surface area (Å²) in [6.45, 7) is 7.39. The number of anilines is 1. The van der Waals surface area contributed by atoms with E-state index in [1.807, 2.05) is 18.3 Å². The zero-order valence-electron chi connectivity index (χ0n) is 14.0. The average molecular weight is 311 g/mol. The van der Waals surface area contributed by atoms with Crippen LogP contribution in [0.4, 0.5) is 5.69 Å². The van der Waals surface area contributed by atoms with Crippen LogP contribution in [-0.4, -0.2) is 43.2 Å². The molecule has 1 aliphatic rings. The minimum Gasteiger partial charge on any atom is -0.497 e. The van der Waals surface area contributed by atoms with E-state index in [2.05, 4.69) is 46.0 Å². The minimum atomic E-state index is 0.880. The van der Waals surface area contributed by atoms with Crippen LogP contribution in [0.1, 0.15) is 18.2 Å². The molecule has 1 saturated heterocycles. The molecule has 0 saturated carbocycles. The molecule has 0 atom stereocenters. The summed E-state index contributed by atoms with van der Waals surface area (Å²) in [5.41, 5.74) is 3.91. The van der Waals surface area contributed by atoms with Crippen molar-refractivity contribution in [2.24, 2.45) is 0 Å². The molecule has 0 radical (unpaired) electrons. The molecule has 0 aliphatic carbocycles. The molecular weight excluding hydrogens is 286 g/mol. The first kappa shape index (κ1) is 15.8. The molecule has 1 aromatic heterocycles. The highest BCUT2D eigenvalue weighted by Gasteiger charge is 2.19. The van der Waals surface area contributed by atoms with Crippen molar-refractivity contribution >= 4 is 5.69 Å². The highest BCUT2D eigenvalue weighted by atomic mass is 16.5. The molecule has 0 spiro atoms. The van der Waals surface area contributed by atoms with Gasteiger partial charge < -0.3 is 9.64 Å². The summed E-state index contributed by atoms with van der Waals surface area (Å²) in [7, 11) is 1.70. The lowest BCUT2D eigenvalue weighted by Gasteiger charge is -2.36. The van der Waals surface area contributed by atoms with Gasteiger partial charge >= 0.3 is 0 Å². The van der Waals surface area contributed by atoms with Gasteiger partial charge in [-0.05, 0) is 24.1 Å². The van der Waals surface area contributed by atoms with Crippen LogP contribution in [0.3, 0.4) is 0 Å². The number of piperazine rings is 1. The predicted octanol–water partition coefficient (Wildman–Crippen LogP) is 2.97. The largest absolute Gasteiger partial charge is 0.497 e. The van der Waals surface area contributed by atoms with Crippen molar-refractivity contribution in [3.63, 3.8) is 0 Å². The van der Waals surface area contributed by atoms with E-state index >= 15 is 0 Å². The second-order valence-electron chi connectivity index (χ2n) is 5.93. The summed E-state index contributed by atoms with van der Waals surface area (Å²) >= 11 is 0. The Labute approximate surface area is 138 Å². The molecule has 0 unspecified atom stereocenters. The number of hydrogen-bond acceptors (Lipinski definition) is 4. The number of ether oxygens (including phenoxy) is 1. The van der Waals surface area contributed by atoms with Crippen molar-refractivity contribution in [2.75, 3.05) is 38.2 Å². The Bertz CT molecular complexity index is 636. The number of methoxy groups -OCH3 is 1. The van der Waals surface area contributed by atoms with Gasteiger partial charge in [-0.2, -0.15) is 0 Å². The van der Waals surface area contributed by atoms with Crippen molar-refractivity contribution in [2.45, 2.75) is 19.9 Å². The van der Waals surface area contributed by atoms with Gasteiger partial charge in [-0.25, -0.2) is 0 Å². The summed E-state index contributed by atoms with van der Waals surface area (Å²) in [6, 6.07) is 12.7. The smallest absolute Gasteiger partial charge is 0.122 e. The van der Waals surface area contributed by atoms with Gasteiger partial charge in [0.15, 0.2) is 0 Å². The second-order valence-corrected chi connectivity index (χ2v) is 5.93. The number of pyridine rings is 1. The van der Waals surface area contributed by atoms with Gasteiger partial charge in [0, 0.05) is 50.7 Å². The fourth-order valence-corrected chi connectivity index (χ4v) is 3.16. The van der Waals surface area contributed by atoms with Crippen molar-refractivity contribution in [1.29, 1.82) is 0 Å². The number of benzene rings is 1. The first-order valence-corrected chi connectivity index (χ1v) is 8.34. The predicted molar refractivity (Wildman–Crippen MR) is 94.1 cm³/mol. The molecule has 0 amide bonds. The van der Waals surface area contributed by atoms with Crippen LogP contribution in [0, 0.1) is 0 Å². The number of nitrogens with zero attached hydrogens (tertiary/aromatic N) is 3. The Morgan fingerprint density at radius 2 is 1.87 bits per heavy atom. The van der Waals surface area contributed by atoms with Gasteiger partial charge in [0.2, 0.25) is 0 Å². The van der Waals surface area contributed by atoms with E-state index in [0.717, 1.165) is 50.6 Å². The Hall–Kier alpha value is -2.07. The van der Waals surface area contributed by atoms with Gasteiger partial charge in [-0.15, -0.1) is 0 Å². The van der Waals surface area contributed by atoms with Gasteiger partial charge in [0.25, 0.3) is 0 Å². The third-order valence-electron chi connectivity index (χ3n) is 4.49. The Morgan fingerprint density at radius 1 is 1.09 bits per heavy atom. The third-order valence-corrected chi connectivity index (χ3v) is 4.49. The minimum absolute atomic E-state index is 0.880. The fraction of sp³-hybridized carbons (Fsp3) is 0.421. The van der Waals surface area contributed by atoms with E-state index in [4.69, 9.17) is 4.74 Å². The molecule has 23 heavy (non-hydrogen) atoms. The maximum Gasteiger partial charge on any atom is 0.122 e. The molecule has 4 nitrogen and oxygen atoms in total. The first-order valence-electron chi connectivity index (χ1n) is 8.34. The maximum absolute atomic E-state index is 5.28. The Morgan fingerprint density at radius 3 is 2.61 bits per heavy atom. The quantitative estimate of drug-likeness (QED) is 0.849. The van der Waals surface area contributed by atoms with Crippen molar-refractivity contribution in [1.82, 2.24) is 9.88 Å². The van der Waals surface area contributed by atoms with Gasteiger partial charge in [-0.1, -0.05) is 25.1 Å². The van der Waals surface area contributed by atoms with Gasteiger partial charge in [0.05, 0.1) is 12.8 Å². The SMILES string of the molecule is CCc1ccccc1N1CCN(Cc2cc(OC)ccn2)CC1. The van der Waals surface area contributed by atoms with Crippen molar-refractivity contribution in [3.05, 3.63) is 53.9 Å². The molecule has 122 valence electrons. The normalized spacial score (nSPS) is 15.7. The van der Waals surface area contributed by atoms with Gasteiger partial charge in [0.1, 0.15) is 5.75 Å². The van der Waals surface area contributed by atoms with Crippen LogP contribution < -0.4 is 9.64 Å². The summed E-state index contributed by atoms with van der Waals surface area (Å²) in [5, 5.41) is 0. The Kier molecular flexibility index (Phi) is 5.13. The molecule has 2 aromatic rings. The highest BCUT2D eigenvalue weighted by molar-refractivity contribution is 5.54. The lowest BCUT2D eigenvalue weighted by atomic mass is 10.1. The molecule has 3 rings (SSSR count). The molecule has 1 fully saturated rings. The monoisotopic (exact) mass is 311 g/mol. The number of aryl methyl sites for hydroxylation is 1. The van der Waals surface area contributed by atoms with Gasteiger partial charge in [-0.3, -0.25) is 9.88 Å². The van der Waals surface area contributed by atoms with Crippen LogP contribution >= 0.6 is 0 Å². The number of aromatic nitrogens is 1. The maximum atomic E-state index is 5.28. The van der Waals surface area contributed by atoms with E-state index in [9.17, 15) is 0 Å². The van der Waals surface area contributed by atoms with E-state index in [1.165, 1.54) is 11.3 Å². The molecular formula is C19H25N3O. The van der Waals surface area contributed by atoms with Crippen LogP contribution in [0.15, 0.2) is 42.6 Å². The molecule has 1 aliphatic heterocycles. The second kappa shape index (κ2) is 7.47. The van der Waals surface area contributed by atoms with Crippen LogP contribution in [-0.2, 0) is 13.0 Å². The van der Waals surface area contributed by atoms with Crippen LogP contribution in [0.2, 0.25) is 0 Å². The molecule has 0 N–H and O–H groups in total. The molecule has 4 heteroatoms. The van der Waals surface area contributed by atoms with Crippen molar-refractivity contribution < 1.29 is 4.74 Å². The van der Waals surface area contributed by atoms with Crippen LogP contribution in [0.5, 0.6) is 5.75 Å². The number of hydrogen-bond donors (Lipinski definition) is 0. The van der Waals surface area contributed by atoms with E-state index in [-0.39, 0.29) is 0 Å². The van der Waals surface area contributed by atoms with E-state index < -0.39 is 0 Å². The third kappa shape index (κ3) is 3.82. The number of para-hydroxylation sites is 1. The standard InChI is InChI=1S/C19H25N3O/c1-3-16-6-4-5-7-19(16)22-12-10-21(11-13-22)15-17-14-18(23-2)8-9-20-17/h4-9,14H,3,10-13,15H2,1-2H3.